The number of carbonyl (C=O) groups is 2. The third kappa shape index (κ3) is 11.6. The summed E-state index contributed by atoms with van der Waals surface area (Å²) in [5.74, 6) is -3.60. The van der Waals surface area contributed by atoms with Gasteiger partial charge in [-0.25, -0.2) is 13.2 Å². The molecule has 0 radical (unpaired) electrons. The summed E-state index contributed by atoms with van der Waals surface area (Å²) in [6.07, 6.45) is 8.15. The fourth-order valence-electron chi connectivity index (χ4n) is 4.92. The summed E-state index contributed by atoms with van der Waals surface area (Å²) in [5.41, 5.74) is -0.537. The predicted molar refractivity (Wildman–Crippen MR) is 156 cm³/mol. The highest BCUT2D eigenvalue weighted by molar-refractivity contribution is 7.90. The van der Waals surface area contributed by atoms with Crippen LogP contribution < -0.4 is 4.89 Å². The van der Waals surface area contributed by atoms with E-state index in [2.05, 4.69) is 18.7 Å². The van der Waals surface area contributed by atoms with Crippen molar-refractivity contribution < 1.29 is 45.8 Å². The maximum Gasteiger partial charge on any atom is 0.347 e. The Morgan fingerprint density at radius 3 is 1.83 bits per heavy atom. The summed E-state index contributed by atoms with van der Waals surface area (Å²) in [6, 6.07) is 5.42. The highest BCUT2D eigenvalue weighted by atomic mass is 32.2. The van der Waals surface area contributed by atoms with Gasteiger partial charge in [0, 0.05) is 6.07 Å². The number of carboxylic acid groups (broad SMARTS) is 1. The van der Waals surface area contributed by atoms with E-state index < -0.39 is 59.1 Å². The predicted octanol–water partition coefficient (Wildman–Crippen LogP) is 5.40. The van der Waals surface area contributed by atoms with Gasteiger partial charge in [-0.15, -0.1) is 0 Å². The lowest BCUT2D eigenvalue weighted by molar-refractivity contribution is -0.385. The molecule has 13 nitrogen and oxygen atoms in total. The zero-order chi connectivity index (χ0) is 31.8. The summed E-state index contributed by atoms with van der Waals surface area (Å²) in [6.45, 7) is 4.12. The number of rotatable bonds is 23. The van der Waals surface area contributed by atoms with Crippen molar-refractivity contribution in [3.05, 3.63) is 39.9 Å². The molecule has 0 amide bonds. The van der Waals surface area contributed by atoms with Crippen LogP contribution in [0.2, 0.25) is 0 Å². The summed E-state index contributed by atoms with van der Waals surface area (Å²) in [4.78, 5) is 41.1. The Bertz CT molecular complexity index is 1220. The molecule has 0 aromatic heterocycles. The SMILES string of the molecule is CCCCCCCCC(CCCCCCCC)(c1ccccc1[N+](=O)[O-])S(=O)(=O)NOC(=O)C(CC(=O)O)S(=O)(=O)O. The topological polar surface area (TPSA) is 207 Å². The first-order valence-corrected chi connectivity index (χ1v) is 17.4. The van der Waals surface area contributed by atoms with Gasteiger partial charge in [-0.2, -0.15) is 8.42 Å². The first-order valence-electron chi connectivity index (χ1n) is 14.4. The number of nitro groups is 1. The monoisotopic (exact) mass is 636 g/mol. The van der Waals surface area contributed by atoms with E-state index >= 15 is 0 Å². The molecule has 42 heavy (non-hydrogen) atoms. The van der Waals surface area contributed by atoms with Crippen molar-refractivity contribution >= 4 is 37.8 Å². The lowest BCUT2D eigenvalue weighted by Crippen LogP contribution is -2.47. The van der Waals surface area contributed by atoms with Crippen molar-refractivity contribution in [2.24, 2.45) is 0 Å². The lowest BCUT2D eigenvalue weighted by Gasteiger charge is -2.33. The molecule has 0 heterocycles. The van der Waals surface area contributed by atoms with Gasteiger partial charge in [0.15, 0.2) is 5.25 Å². The molecule has 1 unspecified atom stereocenters. The van der Waals surface area contributed by atoms with Gasteiger partial charge < -0.3 is 9.94 Å². The van der Waals surface area contributed by atoms with Crippen LogP contribution in [0.5, 0.6) is 0 Å². The zero-order valence-electron chi connectivity index (χ0n) is 24.3. The van der Waals surface area contributed by atoms with Crippen LogP contribution in [0.25, 0.3) is 0 Å². The fourth-order valence-corrected chi connectivity index (χ4v) is 7.20. The van der Waals surface area contributed by atoms with E-state index in [1.807, 2.05) is 0 Å². The van der Waals surface area contributed by atoms with Crippen LogP contribution in [0.3, 0.4) is 0 Å². The Morgan fingerprint density at radius 1 is 0.905 bits per heavy atom. The molecule has 0 aliphatic heterocycles. The van der Waals surface area contributed by atoms with Crippen molar-refractivity contribution in [1.82, 2.24) is 4.89 Å². The van der Waals surface area contributed by atoms with E-state index in [1.54, 1.807) is 4.89 Å². The van der Waals surface area contributed by atoms with Gasteiger partial charge in [-0.1, -0.05) is 109 Å². The Balaban J connectivity index is 3.53. The third-order valence-corrected chi connectivity index (χ3v) is 10.2. The van der Waals surface area contributed by atoms with Gasteiger partial charge in [0.2, 0.25) is 0 Å². The molecule has 1 rings (SSSR count). The molecule has 240 valence electrons. The summed E-state index contributed by atoms with van der Waals surface area (Å²) in [7, 11) is -10.1. The average molecular weight is 637 g/mol. The number of nitrogens with one attached hydrogen (secondary N) is 1. The first kappa shape index (κ1) is 37.4. The number of carboxylic acids is 1. The summed E-state index contributed by atoms with van der Waals surface area (Å²) < 4.78 is 58.6. The fraction of sp³-hybridized carbons (Fsp3) is 0.704. The number of sulfonamides is 1. The molecular formula is C27H44N2O11S2. The smallest absolute Gasteiger partial charge is 0.347 e. The number of nitro benzene ring substituents is 1. The highest BCUT2D eigenvalue weighted by Gasteiger charge is 2.49. The number of unbranched alkanes of at least 4 members (excludes halogenated alkanes) is 10. The molecule has 3 N–H and O–H groups in total. The Morgan fingerprint density at radius 2 is 1.38 bits per heavy atom. The molecule has 1 aromatic rings. The van der Waals surface area contributed by atoms with Crippen molar-refractivity contribution in [2.75, 3.05) is 0 Å². The second kappa shape index (κ2) is 18.1. The minimum atomic E-state index is -5.26. The number of para-hydroxylation sites is 1. The largest absolute Gasteiger partial charge is 0.481 e. The van der Waals surface area contributed by atoms with Crippen molar-refractivity contribution in [3.8, 4) is 0 Å². The molecule has 0 aliphatic carbocycles. The second-order valence-corrected chi connectivity index (χ2v) is 14.0. The summed E-state index contributed by atoms with van der Waals surface area (Å²) in [5, 5.41) is 18.4. The van der Waals surface area contributed by atoms with E-state index in [0.29, 0.717) is 25.7 Å². The minimum absolute atomic E-state index is 0.0529. The van der Waals surface area contributed by atoms with Crippen molar-refractivity contribution in [2.45, 2.75) is 120 Å². The van der Waals surface area contributed by atoms with Gasteiger partial charge in [0.05, 0.1) is 16.9 Å². The molecule has 0 saturated carbocycles. The van der Waals surface area contributed by atoms with Gasteiger partial charge >= 0.3 is 11.9 Å². The molecule has 0 spiro atoms. The Kier molecular flexibility index (Phi) is 16.2. The van der Waals surface area contributed by atoms with Gasteiger partial charge in [-0.3, -0.25) is 19.5 Å². The zero-order valence-corrected chi connectivity index (χ0v) is 26.0. The van der Waals surface area contributed by atoms with Crippen molar-refractivity contribution in [1.29, 1.82) is 0 Å². The maximum atomic E-state index is 14.0. The number of aliphatic carboxylic acids is 1. The number of carbonyl (C=O) groups excluding carboxylic acids is 1. The molecule has 0 aliphatic rings. The van der Waals surface area contributed by atoms with Crippen LogP contribution in [0.4, 0.5) is 5.69 Å². The molecular weight excluding hydrogens is 592 g/mol. The molecule has 1 atom stereocenters. The summed E-state index contributed by atoms with van der Waals surface area (Å²) >= 11 is 0. The van der Waals surface area contributed by atoms with Crippen molar-refractivity contribution in [3.63, 3.8) is 0 Å². The second-order valence-electron chi connectivity index (χ2n) is 10.4. The van der Waals surface area contributed by atoms with Gasteiger partial charge in [-0.05, 0) is 17.7 Å². The van der Waals surface area contributed by atoms with Crippen LogP contribution in [-0.2, 0) is 39.3 Å². The average Bonchev–Trinajstić information content (AvgIpc) is 2.92. The van der Waals surface area contributed by atoms with Crippen LogP contribution >= 0.6 is 0 Å². The molecule has 0 bridgehead atoms. The first-order chi connectivity index (χ1) is 19.7. The van der Waals surface area contributed by atoms with Crippen LogP contribution in [0, 0.1) is 10.1 Å². The van der Waals surface area contributed by atoms with E-state index in [4.69, 9.17) is 5.11 Å². The quantitative estimate of drug-likeness (QED) is 0.0599. The standard InChI is InChI=1S/C27H44N2O11S2/c1-3-5-7-9-11-15-19-27(20-16-12-10-8-6-4-2,22-17-13-14-18-23(22)29(33)34)42(38,39)28-40-26(32)24(21-25(30)31)41(35,36)37/h13-14,17-18,24,28H,3-12,15-16,19-21H2,1-2H3,(H,30,31)(H,35,36,37). The molecule has 1 aromatic carbocycles. The van der Waals surface area contributed by atoms with E-state index in [1.165, 1.54) is 24.3 Å². The normalized spacial score (nSPS) is 13.0. The highest BCUT2D eigenvalue weighted by Crippen LogP contribution is 2.44. The van der Waals surface area contributed by atoms with E-state index in [-0.39, 0.29) is 18.4 Å². The lowest BCUT2D eigenvalue weighted by atomic mass is 9.86. The van der Waals surface area contributed by atoms with Crippen LogP contribution in [0.15, 0.2) is 24.3 Å². The Hall–Kier alpha value is -2.62. The minimum Gasteiger partial charge on any atom is -0.481 e. The van der Waals surface area contributed by atoms with Crippen LogP contribution in [0.1, 0.15) is 116 Å². The number of benzene rings is 1. The molecule has 15 heteroatoms. The number of nitrogens with zero attached hydrogens (tertiary/aromatic N) is 1. The van der Waals surface area contributed by atoms with Gasteiger partial charge in [0.25, 0.3) is 25.8 Å². The van der Waals surface area contributed by atoms with E-state index in [0.717, 1.165) is 51.4 Å². The van der Waals surface area contributed by atoms with Gasteiger partial charge in [0.1, 0.15) is 4.75 Å². The van der Waals surface area contributed by atoms with E-state index in [9.17, 15) is 41.1 Å². The van der Waals surface area contributed by atoms with Crippen LogP contribution in [-0.4, -0.2) is 48.6 Å². The number of hydrogen-bond acceptors (Lipinski definition) is 9. The Labute approximate surface area is 248 Å². The number of hydrogen-bond donors (Lipinski definition) is 3. The molecule has 0 saturated heterocycles. The third-order valence-electron chi connectivity index (χ3n) is 7.21. The molecule has 0 fully saturated rings. The maximum absolute atomic E-state index is 14.0.